The van der Waals surface area contributed by atoms with E-state index in [1.807, 2.05) is 24.3 Å². The van der Waals surface area contributed by atoms with Crippen LogP contribution in [0.5, 0.6) is 0 Å². The third-order valence-corrected chi connectivity index (χ3v) is 3.58. The smallest absolute Gasteiger partial charge is 0.171 e. The number of hydrogen-bond acceptors (Lipinski definition) is 4. The van der Waals surface area contributed by atoms with Gasteiger partial charge in [-0.1, -0.05) is 12.1 Å². The van der Waals surface area contributed by atoms with E-state index >= 15 is 0 Å². The van der Waals surface area contributed by atoms with E-state index in [0.717, 1.165) is 21.1 Å². The molecule has 2 heterocycles. The van der Waals surface area contributed by atoms with Crippen LogP contribution in [0.3, 0.4) is 0 Å². The number of hydrogen-bond donors (Lipinski definition) is 3. The highest BCUT2D eigenvalue weighted by molar-refractivity contribution is 7.99. The predicted molar refractivity (Wildman–Crippen MR) is 75.5 cm³/mol. The van der Waals surface area contributed by atoms with Crippen molar-refractivity contribution >= 4 is 28.6 Å². The minimum atomic E-state index is 0.0287. The first-order valence-electron chi connectivity index (χ1n) is 5.65. The zero-order chi connectivity index (χ0) is 13.2. The topological polar surface area (TPSA) is 91.4 Å². The Hall–Kier alpha value is -2.34. The summed E-state index contributed by atoms with van der Waals surface area (Å²) in [7, 11) is 0. The highest BCUT2D eigenvalue weighted by Crippen LogP contribution is 2.28. The maximum atomic E-state index is 7.56. The van der Waals surface area contributed by atoms with Crippen molar-refractivity contribution in [2.45, 2.75) is 10.1 Å². The Labute approximate surface area is 113 Å². The van der Waals surface area contributed by atoms with Gasteiger partial charge in [0.2, 0.25) is 0 Å². The van der Waals surface area contributed by atoms with Gasteiger partial charge in [0.1, 0.15) is 5.84 Å². The van der Waals surface area contributed by atoms with Crippen molar-refractivity contribution in [3.05, 3.63) is 48.3 Å². The number of para-hydroxylation sites is 2. The molecule has 0 bridgehead atoms. The highest BCUT2D eigenvalue weighted by atomic mass is 32.2. The second-order valence-electron chi connectivity index (χ2n) is 3.95. The number of benzene rings is 1. The molecule has 0 unspecified atom stereocenters. The first kappa shape index (κ1) is 11.7. The summed E-state index contributed by atoms with van der Waals surface area (Å²) in [6.07, 6.45) is 3.31. The standard InChI is InChI=1S/C13H11N5S/c14-12(15)8-5-6-16-7-11(8)19-13-17-9-3-1-2-4-10(9)18-13/h1-7H,(H3,14,15)(H,17,18). The second kappa shape index (κ2) is 4.74. The van der Waals surface area contributed by atoms with Gasteiger partial charge in [-0.25, -0.2) is 4.98 Å². The van der Waals surface area contributed by atoms with Crippen molar-refractivity contribution in [3.63, 3.8) is 0 Å². The number of nitrogen functional groups attached to an aromatic ring is 1. The zero-order valence-corrected chi connectivity index (χ0v) is 10.7. The van der Waals surface area contributed by atoms with E-state index in [2.05, 4.69) is 15.0 Å². The number of aromatic amines is 1. The van der Waals surface area contributed by atoms with Gasteiger partial charge in [-0.2, -0.15) is 0 Å². The number of nitrogens with two attached hydrogens (primary N) is 1. The molecule has 94 valence electrons. The summed E-state index contributed by atoms with van der Waals surface area (Å²) in [6, 6.07) is 9.56. The molecule has 0 fully saturated rings. The van der Waals surface area contributed by atoms with E-state index < -0.39 is 0 Å². The second-order valence-corrected chi connectivity index (χ2v) is 4.98. The van der Waals surface area contributed by atoms with Crippen LogP contribution in [0.15, 0.2) is 52.8 Å². The van der Waals surface area contributed by atoms with Crippen LogP contribution in [0, 0.1) is 5.41 Å². The van der Waals surface area contributed by atoms with Gasteiger partial charge in [-0.3, -0.25) is 10.4 Å². The predicted octanol–water partition coefficient (Wildman–Crippen LogP) is 2.39. The average Bonchev–Trinajstić information content (AvgIpc) is 2.81. The molecule has 0 atom stereocenters. The van der Waals surface area contributed by atoms with Crippen molar-refractivity contribution in [1.29, 1.82) is 5.41 Å². The number of nitrogens with one attached hydrogen (secondary N) is 2. The quantitative estimate of drug-likeness (QED) is 0.503. The molecule has 0 aliphatic heterocycles. The van der Waals surface area contributed by atoms with Crippen LogP contribution in [0.2, 0.25) is 0 Å². The lowest BCUT2D eigenvalue weighted by Crippen LogP contribution is -2.12. The summed E-state index contributed by atoms with van der Waals surface area (Å²) in [5.74, 6) is 0.0287. The van der Waals surface area contributed by atoms with Crippen LogP contribution >= 0.6 is 11.8 Å². The van der Waals surface area contributed by atoms with Crippen LogP contribution in [-0.4, -0.2) is 20.8 Å². The van der Waals surface area contributed by atoms with E-state index in [-0.39, 0.29) is 5.84 Å². The minimum absolute atomic E-state index is 0.0287. The molecule has 2 aromatic heterocycles. The molecule has 5 nitrogen and oxygen atoms in total. The molecule has 19 heavy (non-hydrogen) atoms. The van der Waals surface area contributed by atoms with Crippen LogP contribution in [-0.2, 0) is 0 Å². The Morgan fingerprint density at radius 1 is 1.26 bits per heavy atom. The SMILES string of the molecule is N=C(N)c1ccncc1Sc1nc2ccccc2[nH]1. The van der Waals surface area contributed by atoms with Gasteiger partial charge in [-0.15, -0.1) is 0 Å². The van der Waals surface area contributed by atoms with Gasteiger partial charge in [0.05, 0.1) is 11.0 Å². The van der Waals surface area contributed by atoms with E-state index in [9.17, 15) is 0 Å². The number of fused-ring (bicyclic) bond motifs is 1. The summed E-state index contributed by atoms with van der Waals surface area (Å²) in [5.41, 5.74) is 8.12. The minimum Gasteiger partial charge on any atom is -0.384 e. The molecule has 6 heteroatoms. The number of H-pyrrole nitrogens is 1. The molecular weight excluding hydrogens is 258 g/mol. The molecule has 0 spiro atoms. The van der Waals surface area contributed by atoms with Gasteiger partial charge in [0.25, 0.3) is 0 Å². The monoisotopic (exact) mass is 269 g/mol. The molecule has 1 aromatic carbocycles. The van der Waals surface area contributed by atoms with Crippen molar-refractivity contribution in [3.8, 4) is 0 Å². The Balaban J connectivity index is 1.99. The maximum Gasteiger partial charge on any atom is 0.171 e. The summed E-state index contributed by atoms with van der Waals surface area (Å²) in [6.45, 7) is 0. The van der Waals surface area contributed by atoms with Gasteiger partial charge < -0.3 is 10.7 Å². The van der Waals surface area contributed by atoms with Crippen molar-refractivity contribution in [1.82, 2.24) is 15.0 Å². The van der Waals surface area contributed by atoms with Gasteiger partial charge in [-0.05, 0) is 30.0 Å². The number of rotatable bonds is 3. The van der Waals surface area contributed by atoms with Gasteiger partial charge in [0.15, 0.2) is 5.16 Å². The average molecular weight is 269 g/mol. The Morgan fingerprint density at radius 2 is 2.11 bits per heavy atom. The Bertz CT molecular complexity index is 716. The van der Waals surface area contributed by atoms with Gasteiger partial charge in [0, 0.05) is 22.9 Å². The fourth-order valence-corrected chi connectivity index (χ4v) is 2.68. The number of aromatic nitrogens is 3. The normalized spacial score (nSPS) is 10.7. The summed E-state index contributed by atoms with van der Waals surface area (Å²) in [4.78, 5) is 12.6. The molecule has 0 amide bonds. The summed E-state index contributed by atoms with van der Waals surface area (Å²) < 4.78 is 0. The fourth-order valence-electron chi connectivity index (χ4n) is 1.77. The van der Waals surface area contributed by atoms with E-state index in [4.69, 9.17) is 11.1 Å². The molecule has 0 saturated heterocycles. The molecule has 0 aliphatic rings. The van der Waals surface area contributed by atoms with Gasteiger partial charge >= 0.3 is 0 Å². The van der Waals surface area contributed by atoms with E-state index in [1.165, 1.54) is 11.8 Å². The van der Waals surface area contributed by atoms with Crippen LogP contribution < -0.4 is 5.73 Å². The Kier molecular flexibility index (Phi) is 2.92. The third kappa shape index (κ3) is 2.30. The number of nitrogens with zero attached hydrogens (tertiary/aromatic N) is 2. The number of amidine groups is 1. The van der Waals surface area contributed by atoms with Crippen molar-refractivity contribution in [2.75, 3.05) is 0 Å². The molecule has 3 aromatic rings. The lowest BCUT2D eigenvalue weighted by molar-refractivity contribution is 1.07. The fraction of sp³-hybridized carbons (Fsp3) is 0. The first-order chi connectivity index (χ1) is 9.24. The van der Waals surface area contributed by atoms with Crippen LogP contribution in [0.1, 0.15) is 5.56 Å². The molecule has 0 radical (unpaired) electrons. The Morgan fingerprint density at radius 3 is 2.89 bits per heavy atom. The molecular formula is C13H11N5S. The zero-order valence-electron chi connectivity index (χ0n) is 9.92. The number of pyridine rings is 1. The first-order valence-corrected chi connectivity index (χ1v) is 6.47. The molecule has 0 aliphatic carbocycles. The van der Waals surface area contributed by atoms with E-state index in [1.54, 1.807) is 18.5 Å². The van der Waals surface area contributed by atoms with Crippen LogP contribution in [0.25, 0.3) is 11.0 Å². The largest absolute Gasteiger partial charge is 0.384 e. The molecule has 3 rings (SSSR count). The highest BCUT2D eigenvalue weighted by Gasteiger charge is 2.09. The van der Waals surface area contributed by atoms with E-state index in [0.29, 0.717) is 5.56 Å². The summed E-state index contributed by atoms with van der Waals surface area (Å²) >= 11 is 1.42. The van der Waals surface area contributed by atoms with Crippen molar-refractivity contribution in [2.24, 2.45) is 5.73 Å². The lowest BCUT2D eigenvalue weighted by atomic mass is 10.2. The van der Waals surface area contributed by atoms with Crippen molar-refractivity contribution < 1.29 is 0 Å². The summed E-state index contributed by atoms with van der Waals surface area (Å²) in [5, 5.41) is 8.32. The lowest BCUT2D eigenvalue weighted by Gasteiger charge is -2.04. The number of imidazole rings is 1. The molecule has 4 N–H and O–H groups in total. The van der Waals surface area contributed by atoms with Crippen LogP contribution in [0.4, 0.5) is 0 Å². The third-order valence-electron chi connectivity index (χ3n) is 2.65. The molecule has 0 saturated carbocycles. The maximum absolute atomic E-state index is 7.56.